The Balaban J connectivity index is 2.50. The summed E-state index contributed by atoms with van der Waals surface area (Å²) in [5, 5.41) is 11.0. The number of nitrogens with two attached hydrogens (primary N) is 1. The van der Waals surface area contributed by atoms with Crippen molar-refractivity contribution >= 4 is 23.0 Å². The van der Waals surface area contributed by atoms with Gasteiger partial charge in [-0.2, -0.15) is 5.10 Å². The van der Waals surface area contributed by atoms with Crippen molar-refractivity contribution in [3.8, 4) is 0 Å². The Hall–Kier alpha value is -1.23. The largest absolute Gasteiger partial charge is 0.389 e. The molecule has 0 aliphatic carbocycles. The van der Waals surface area contributed by atoms with Crippen molar-refractivity contribution in [1.29, 1.82) is 0 Å². The van der Waals surface area contributed by atoms with Gasteiger partial charge in [-0.05, 0) is 24.8 Å². The predicted molar refractivity (Wildman–Crippen MR) is 70.5 cm³/mol. The van der Waals surface area contributed by atoms with E-state index in [1.54, 1.807) is 12.3 Å². The number of hydrogen-bond acceptors (Lipinski definition) is 4. The topological polar surface area (TPSA) is 63.8 Å². The zero-order valence-corrected chi connectivity index (χ0v) is 10.5. The summed E-state index contributed by atoms with van der Waals surface area (Å²) in [7, 11) is 0. The Morgan fingerprint density at radius 3 is 2.94 bits per heavy atom. The van der Waals surface area contributed by atoms with Gasteiger partial charge in [-0.15, -0.1) is 5.10 Å². The zero-order valence-electron chi connectivity index (χ0n) is 9.73. The summed E-state index contributed by atoms with van der Waals surface area (Å²) >= 11 is 4.94. The Labute approximate surface area is 102 Å². The number of nitrogens with zero attached hydrogens (tertiary/aromatic N) is 2. The van der Waals surface area contributed by atoms with Gasteiger partial charge in [0.2, 0.25) is 0 Å². The number of thiocarbonyl (C=S) groups is 1. The summed E-state index contributed by atoms with van der Waals surface area (Å²) < 4.78 is 0. The summed E-state index contributed by atoms with van der Waals surface area (Å²) in [5.74, 6) is 1.40. The molecule has 0 aliphatic heterocycles. The lowest BCUT2D eigenvalue weighted by Crippen LogP contribution is -2.15. The molecule has 0 saturated heterocycles. The third-order valence-electron chi connectivity index (χ3n) is 2.24. The van der Waals surface area contributed by atoms with E-state index in [0.717, 1.165) is 24.4 Å². The first-order chi connectivity index (χ1) is 7.61. The van der Waals surface area contributed by atoms with E-state index in [4.69, 9.17) is 18.0 Å². The van der Waals surface area contributed by atoms with Crippen LogP contribution in [0.15, 0.2) is 12.3 Å². The highest BCUT2D eigenvalue weighted by atomic mass is 32.1. The number of hydrogen-bond donors (Lipinski definition) is 2. The van der Waals surface area contributed by atoms with Crippen LogP contribution in [-0.2, 0) is 0 Å². The fourth-order valence-corrected chi connectivity index (χ4v) is 1.54. The molecular formula is C11H18N4S. The molecule has 0 fully saturated rings. The first kappa shape index (κ1) is 12.8. The number of rotatable bonds is 6. The highest BCUT2D eigenvalue weighted by Gasteiger charge is 2.05. The number of aromatic nitrogens is 2. The second-order valence-corrected chi connectivity index (χ2v) is 4.56. The molecule has 1 aromatic heterocycles. The van der Waals surface area contributed by atoms with Gasteiger partial charge in [0.25, 0.3) is 0 Å². The van der Waals surface area contributed by atoms with E-state index < -0.39 is 0 Å². The highest BCUT2D eigenvalue weighted by molar-refractivity contribution is 7.80. The molecule has 0 atom stereocenters. The Bertz CT molecular complexity index is 352. The normalized spacial score (nSPS) is 10.4. The third-order valence-corrected chi connectivity index (χ3v) is 2.46. The molecule has 4 nitrogen and oxygen atoms in total. The summed E-state index contributed by atoms with van der Waals surface area (Å²) in [6.07, 6.45) is 3.88. The smallest absolute Gasteiger partial charge is 0.158 e. The average Bonchev–Trinajstić information content (AvgIpc) is 2.24. The lowest BCUT2D eigenvalue weighted by molar-refractivity contribution is 0.566. The van der Waals surface area contributed by atoms with E-state index >= 15 is 0 Å². The van der Waals surface area contributed by atoms with Gasteiger partial charge in [0, 0.05) is 6.54 Å². The van der Waals surface area contributed by atoms with E-state index in [1.165, 1.54) is 6.42 Å². The van der Waals surface area contributed by atoms with Gasteiger partial charge < -0.3 is 11.1 Å². The maximum Gasteiger partial charge on any atom is 0.158 e. The van der Waals surface area contributed by atoms with Crippen LogP contribution in [0.4, 0.5) is 5.82 Å². The third kappa shape index (κ3) is 4.10. The minimum absolute atomic E-state index is 0.348. The van der Waals surface area contributed by atoms with Crippen LogP contribution < -0.4 is 11.1 Å². The molecule has 5 heteroatoms. The molecule has 0 unspecified atom stereocenters. The van der Waals surface area contributed by atoms with Crippen molar-refractivity contribution in [2.45, 2.75) is 26.7 Å². The van der Waals surface area contributed by atoms with E-state index in [2.05, 4.69) is 29.4 Å². The van der Waals surface area contributed by atoms with E-state index in [1.807, 2.05) is 0 Å². The highest BCUT2D eigenvalue weighted by Crippen LogP contribution is 2.10. The van der Waals surface area contributed by atoms with Crippen LogP contribution in [0.1, 0.15) is 32.3 Å². The first-order valence-corrected chi connectivity index (χ1v) is 5.87. The SMILES string of the molecule is CC(C)CCCNc1nnccc1C(N)=S. The van der Waals surface area contributed by atoms with Crippen LogP contribution in [0.3, 0.4) is 0 Å². The van der Waals surface area contributed by atoms with Gasteiger partial charge in [-0.3, -0.25) is 0 Å². The lowest BCUT2D eigenvalue weighted by Gasteiger charge is -2.09. The fraction of sp³-hybridized carbons (Fsp3) is 0.545. The molecule has 0 bridgehead atoms. The van der Waals surface area contributed by atoms with E-state index in [9.17, 15) is 0 Å². The van der Waals surface area contributed by atoms with Crippen LogP contribution in [0, 0.1) is 5.92 Å². The molecule has 0 amide bonds. The van der Waals surface area contributed by atoms with Crippen molar-refractivity contribution in [2.75, 3.05) is 11.9 Å². The van der Waals surface area contributed by atoms with Gasteiger partial charge in [0.15, 0.2) is 5.82 Å². The van der Waals surface area contributed by atoms with Gasteiger partial charge >= 0.3 is 0 Å². The Morgan fingerprint density at radius 2 is 2.31 bits per heavy atom. The minimum Gasteiger partial charge on any atom is -0.389 e. The fourth-order valence-electron chi connectivity index (χ4n) is 1.38. The van der Waals surface area contributed by atoms with Crippen LogP contribution in [0.25, 0.3) is 0 Å². The molecule has 0 aromatic carbocycles. The lowest BCUT2D eigenvalue weighted by atomic mass is 10.1. The molecule has 88 valence electrons. The second kappa shape index (κ2) is 6.37. The maximum atomic E-state index is 5.59. The molecule has 1 heterocycles. The molecule has 0 spiro atoms. The predicted octanol–water partition coefficient (Wildman–Crippen LogP) is 1.96. The van der Waals surface area contributed by atoms with E-state index in [0.29, 0.717) is 10.8 Å². The molecular weight excluding hydrogens is 220 g/mol. The van der Waals surface area contributed by atoms with Gasteiger partial charge in [0.05, 0.1) is 11.8 Å². The molecule has 0 aliphatic rings. The number of nitrogens with one attached hydrogen (secondary N) is 1. The van der Waals surface area contributed by atoms with Gasteiger partial charge in [-0.25, -0.2) is 0 Å². The van der Waals surface area contributed by atoms with Gasteiger partial charge in [-0.1, -0.05) is 26.1 Å². The number of anilines is 1. The minimum atomic E-state index is 0.348. The molecule has 16 heavy (non-hydrogen) atoms. The summed E-state index contributed by atoms with van der Waals surface area (Å²) in [5.41, 5.74) is 6.35. The molecule has 1 aromatic rings. The first-order valence-electron chi connectivity index (χ1n) is 5.46. The monoisotopic (exact) mass is 238 g/mol. The average molecular weight is 238 g/mol. The zero-order chi connectivity index (χ0) is 12.0. The Kier molecular flexibility index (Phi) is 5.11. The quantitative estimate of drug-likeness (QED) is 0.586. The van der Waals surface area contributed by atoms with Crippen LogP contribution in [-0.4, -0.2) is 21.7 Å². The van der Waals surface area contributed by atoms with Crippen molar-refractivity contribution in [3.63, 3.8) is 0 Å². The van der Waals surface area contributed by atoms with Crippen molar-refractivity contribution in [3.05, 3.63) is 17.8 Å². The molecule has 1 rings (SSSR count). The summed E-state index contributed by atoms with van der Waals surface area (Å²) in [4.78, 5) is 0.348. The van der Waals surface area contributed by atoms with Crippen LogP contribution in [0.2, 0.25) is 0 Å². The second-order valence-electron chi connectivity index (χ2n) is 4.12. The standard InChI is InChI=1S/C11H18N4S/c1-8(2)4-3-6-13-11-9(10(12)16)5-7-14-15-11/h5,7-8H,3-4,6H2,1-2H3,(H2,12,16)(H,13,15). The molecule has 0 radical (unpaired) electrons. The summed E-state index contributed by atoms with van der Waals surface area (Å²) in [6, 6.07) is 1.78. The van der Waals surface area contributed by atoms with Crippen molar-refractivity contribution in [2.24, 2.45) is 11.7 Å². The van der Waals surface area contributed by atoms with Crippen LogP contribution in [0.5, 0.6) is 0 Å². The van der Waals surface area contributed by atoms with Gasteiger partial charge in [0.1, 0.15) is 4.99 Å². The summed E-state index contributed by atoms with van der Waals surface area (Å²) in [6.45, 7) is 5.29. The maximum absolute atomic E-state index is 5.59. The van der Waals surface area contributed by atoms with Crippen molar-refractivity contribution in [1.82, 2.24) is 10.2 Å². The molecule has 0 saturated carbocycles. The van der Waals surface area contributed by atoms with E-state index in [-0.39, 0.29) is 0 Å². The Morgan fingerprint density at radius 1 is 1.56 bits per heavy atom. The van der Waals surface area contributed by atoms with Crippen LogP contribution >= 0.6 is 12.2 Å². The van der Waals surface area contributed by atoms with Crippen molar-refractivity contribution < 1.29 is 0 Å². The molecule has 3 N–H and O–H groups in total.